The van der Waals surface area contributed by atoms with Gasteiger partial charge in [-0.1, -0.05) is 0 Å². The third-order valence-corrected chi connectivity index (χ3v) is 3.78. The molecule has 0 spiro atoms. The van der Waals surface area contributed by atoms with Gasteiger partial charge in [0.05, 0.1) is 47.8 Å². The molecule has 2 rings (SSSR count). The van der Waals surface area contributed by atoms with E-state index in [4.69, 9.17) is 9.47 Å². The molecule has 0 fully saturated rings. The molecule has 0 heterocycles. The van der Waals surface area contributed by atoms with Gasteiger partial charge in [0.15, 0.2) is 17.3 Å². The number of quaternary nitrogens is 1. The van der Waals surface area contributed by atoms with Gasteiger partial charge in [0, 0.05) is 5.56 Å². The van der Waals surface area contributed by atoms with Crippen molar-refractivity contribution in [2.45, 2.75) is 12.8 Å². The second-order valence-electron chi connectivity index (χ2n) is 6.44. The molecule has 1 aliphatic rings. The molecule has 118 valence electrons. The number of aryl methyl sites for hydroxylation is 1. The van der Waals surface area contributed by atoms with Gasteiger partial charge in [-0.2, -0.15) is 0 Å². The highest BCUT2D eigenvalue weighted by atomic mass is 127. The molecule has 0 N–H and O–H groups in total. The first kappa shape index (κ1) is 18.2. The topological polar surface area (TPSA) is 35.5 Å². The van der Waals surface area contributed by atoms with Gasteiger partial charge in [0.1, 0.15) is 0 Å². The lowest BCUT2D eigenvalue weighted by Gasteiger charge is -2.31. The average Bonchev–Trinajstić information content (AvgIpc) is 2.39. The van der Waals surface area contributed by atoms with Crippen LogP contribution in [0.3, 0.4) is 0 Å². The van der Waals surface area contributed by atoms with Crippen molar-refractivity contribution in [1.82, 2.24) is 0 Å². The summed E-state index contributed by atoms with van der Waals surface area (Å²) in [6, 6.07) is 3.77. The summed E-state index contributed by atoms with van der Waals surface area (Å²) in [6.45, 7) is 0.868. The van der Waals surface area contributed by atoms with E-state index in [9.17, 15) is 4.79 Å². The number of fused-ring (bicyclic) bond motifs is 1. The van der Waals surface area contributed by atoms with Crippen molar-refractivity contribution in [2.24, 2.45) is 5.92 Å². The Kier molecular flexibility index (Phi) is 6.04. The molecule has 5 heteroatoms. The van der Waals surface area contributed by atoms with Crippen molar-refractivity contribution in [2.75, 3.05) is 41.9 Å². The molecule has 21 heavy (non-hydrogen) atoms. The second kappa shape index (κ2) is 6.96. The lowest BCUT2D eigenvalue weighted by Crippen LogP contribution is -3.00. The van der Waals surface area contributed by atoms with Crippen LogP contribution >= 0.6 is 0 Å². The predicted octanol–water partition coefficient (Wildman–Crippen LogP) is -0.841. The molecule has 0 aromatic heterocycles. The fraction of sp³-hybridized carbons (Fsp3) is 0.562. The van der Waals surface area contributed by atoms with Crippen LogP contribution in [0.25, 0.3) is 0 Å². The molecule has 0 aliphatic heterocycles. The number of hydrogen-bond acceptors (Lipinski definition) is 3. The molecule has 0 radical (unpaired) electrons. The van der Waals surface area contributed by atoms with Crippen LogP contribution in [0.5, 0.6) is 11.5 Å². The molecule has 0 saturated heterocycles. The van der Waals surface area contributed by atoms with E-state index in [2.05, 4.69) is 21.1 Å². The summed E-state index contributed by atoms with van der Waals surface area (Å²) in [7, 11) is 9.59. The monoisotopic (exact) mass is 405 g/mol. The number of benzene rings is 1. The zero-order valence-corrected chi connectivity index (χ0v) is 15.6. The molecule has 1 atom stereocenters. The number of hydrogen-bond donors (Lipinski definition) is 0. The molecule has 1 aromatic rings. The molecule has 1 aromatic carbocycles. The van der Waals surface area contributed by atoms with Crippen LogP contribution < -0.4 is 33.5 Å². The van der Waals surface area contributed by atoms with E-state index in [0.717, 1.165) is 35.0 Å². The second-order valence-corrected chi connectivity index (χ2v) is 6.44. The fourth-order valence-electron chi connectivity index (χ4n) is 2.87. The highest BCUT2D eigenvalue weighted by molar-refractivity contribution is 6.01. The quantitative estimate of drug-likeness (QED) is 0.484. The molecule has 0 saturated carbocycles. The Balaban J connectivity index is 0.00000220. The largest absolute Gasteiger partial charge is 1.00 e. The van der Waals surface area contributed by atoms with Crippen molar-refractivity contribution in [1.29, 1.82) is 0 Å². The summed E-state index contributed by atoms with van der Waals surface area (Å²) in [4.78, 5) is 12.7. The Morgan fingerprint density at radius 1 is 1.14 bits per heavy atom. The molecule has 0 bridgehead atoms. The van der Waals surface area contributed by atoms with E-state index in [1.165, 1.54) is 0 Å². The lowest BCUT2D eigenvalue weighted by molar-refractivity contribution is -0.872. The van der Waals surface area contributed by atoms with Crippen LogP contribution in [0.4, 0.5) is 0 Å². The minimum absolute atomic E-state index is 0. The summed E-state index contributed by atoms with van der Waals surface area (Å²) in [5, 5.41) is 0. The van der Waals surface area contributed by atoms with Crippen molar-refractivity contribution in [3.63, 3.8) is 0 Å². The average molecular weight is 405 g/mol. The van der Waals surface area contributed by atoms with Crippen LogP contribution in [0.15, 0.2) is 12.1 Å². The number of ether oxygens (including phenoxy) is 2. The predicted molar refractivity (Wildman–Crippen MR) is 78.6 cm³/mol. The van der Waals surface area contributed by atoms with Crippen molar-refractivity contribution < 1.29 is 42.7 Å². The molecule has 1 unspecified atom stereocenters. The van der Waals surface area contributed by atoms with E-state index in [-0.39, 0.29) is 35.7 Å². The number of carbonyl (C=O) groups excluding carboxylic acids is 1. The minimum Gasteiger partial charge on any atom is -1.00 e. The smallest absolute Gasteiger partial charge is 0.171 e. The Bertz CT molecular complexity index is 523. The summed E-state index contributed by atoms with van der Waals surface area (Å²) in [5.74, 6) is 1.66. The Morgan fingerprint density at radius 3 is 2.24 bits per heavy atom. The summed E-state index contributed by atoms with van der Waals surface area (Å²) < 4.78 is 11.4. The van der Waals surface area contributed by atoms with Crippen molar-refractivity contribution in [3.05, 3.63) is 23.3 Å². The molecule has 4 nitrogen and oxygen atoms in total. The molecule has 1 aliphatic carbocycles. The van der Waals surface area contributed by atoms with Crippen molar-refractivity contribution in [3.8, 4) is 11.5 Å². The Hall–Kier alpha value is -0.820. The Labute approximate surface area is 144 Å². The van der Waals surface area contributed by atoms with E-state index >= 15 is 0 Å². The lowest BCUT2D eigenvalue weighted by atomic mass is 9.82. The van der Waals surface area contributed by atoms with E-state index < -0.39 is 0 Å². The zero-order chi connectivity index (χ0) is 14.9. The highest BCUT2D eigenvalue weighted by Gasteiger charge is 2.32. The maximum absolute atomic E-state index is 12.7. The number of methoxy groups -OCH3 is 2. The first-order chi connectivity index (χ1) is 9.35. The van der Waals surface area contributed by atoms with Gasteiger partial charge >= 0.3 is 0 Å². The van der Waals surface area contributed by atoms with Gasteiger partial charge in [-0.3, -0.25) is 4.79 Å². The van der Waals surface area contributed by atoms with E-state index in [0.29, 0.717) is 11.5 Å². The van der Waals surface area contributed by atoms with Gasteiger partial charge in [0.2, 0.25) is 0 Å². The SMILES string of the molecule is COc1cc2c(cc1OC)C(=O)C(C[N+](C)(C)C)CC2.[I-]. The number of Topliss-reactive ketones (excluding diaryl/α,β-unsaturated/α-hetero) is 1. The fourth-order valence-corrected chi connectivity index (χ4v) is 2.87. The van der Waals surface area contributed by atoms with Crippen LogP contribution in [0.2, 0.25) is 0 Å². The van der Waals surface area contributed by atoms with E-state index in [1.807, 2.05) is 12.1 Å². The minimum atomic E-state index is 0. The first-order valence-corrected chi connectivity index (χ1v) is 6.95. The van der Waals surface area contributed by atoms with Crippen LogP contribution in [0, 0.1) is 5.92 Å². The number of ketones is 1. The first-order valence-electron chi connectivity index (χ1n) is 6.95. The van der Waals surface area contributed by atoms with Gasteiger partial charge in [0.25, 0.3) is 0 Å². The number of carbonyl (C=O) groups is 1. The summed E-state index contributed by atoms with van der Waals surface area (Å²) >= 11 is 0. The summed E-state index contributed by atoms with van der Waals surface area (Å²) in [5.41, 5.74) is 1.87. The number of halogens is 1. The van der Waals surface area contributed by atoms with Gasteiger partial charge in [-0.15, -0.1) is 0 Å². The number of rotatable bonds is 4. The third kappa shape index (κ3) is 4.10. The maximum atomic E-state index is 12.7. The Morgan fingerprint density at radius 2 is 1.71 bits per heavy atom. The third-order valence-electron chi connectivity index (χ3n) is 3.78. The maximum Gasteiger partial charge on any atom is 0.171 e. The zero-order valence-electron chi connectivity index (χ0n) is 13.4. The standard InChI is InChI=1S/C16H24NO3.HI/c1-17(2,3)10-12-7-6-11-8-14(19-4)15(20-5)9-13(11)16(12)18;/h8-9,12H,6-7,10H2,1-5H3;1H/q+1;/p-1. The van der Waals surface area contributed by atoms with Gasteiger partial charge in [-0.25, -0.2) is 0 Å². The molecule has 0 amide bonds. The van der Waals surface area contributed by atoms with Gasteiger partial charge in [-0.05, 0) is 30.5 Å². The van der Waals surface area contributed by atoms with Gasteiger partial charge < -0.3 is 37.9 Å². The van der Waals surface area contributed by atoms with Crippen LogP contribution in [-0.2, 0) is 6.42 Å². The highest BCUT2D eigenvalue weighted by Crippen LogP contribution is 2.35. The molecular formula is C16H24INO3. The normalized spacial score (nSPS) is 17.8. The van der Waals surface area contributed by atoms with Crippen LogP contribution in [0.1, 0.15) is 22.3 Å². The summed E-state index contributed by atoms with van der Waals surface area (Å²) in [6.07, 6.45) is 1.84. The van der Waals surface area contributed by atoms with Crippen LogP contribution in [-0.4, -0.2) is 52.2 Å². The number of nitrogens with zero attached hydrogens (tertiary/aromatic N) is 1. The molecular weight excluding hydrogens is 381 g/mol. The van der Waals surface area contributed by atoms with Crippen molar-refractivity contribution >= 4 is 5.78 Å². The van der Waals surface area contributed by atoms with E-state index in [1.54, 1.807) is 14.2 Å².